The molecule has 3 aliphatic heterocycles. The van der Waals surface area contributed by atoms with Gasteiger partial charge in [-0.3, -0.25) is 4.79 Å². The number of benzene rings is 3. The molecule has 21 heteroatoms. The van der Waals surface area contributed by atoms with Crippen molar-refractivity contribution in [2.45, 2.75) is 146 Å². The molecule has 0 unspecified atom stereocenters. The van der Waals surface area contributed by atoms with Gasteiger partial charge in [-0.1, -0.05) is 115 Å². The molecule has 0 N–H and O–H groups in total. The number of methoxy groups -OCH3 is 1. The summed E-state index contributed by atoms with van der Waals surface area (Å²) in [6.45, 7) is 16.7. The predicted molar refractivity (Wildman–Crippen MR) is 250 cm³/mol. The highest BCUT2D eigenvalue weighted by molar-refractivity contribution is 6.84. The molecule has 3 aromatic carbocycles. The normalized spacial score (nSPS) is 27.3. The summed E-state index contributed by atoms with van der Waals surface area (Å²) >= 11 is 0. The summed E-state index contributed by atoms with van der Waals surface area (Å²) in [5, 5.41) is 4.03. The number of carbonyl (C=O) groups is 5. The van der Waals surface area contributed by atoms with E-state index in [9.17, 15) is 29.5 Å². The monoisotopic (exact) mass is 991 g/mol. The van der Waals surface area contributed by atoms with Crippen LogP contribution in [0.2, 0.25) is 22.2 Å². The van der Waals surface area contributed by atoms with Gasteiger partial charge in [-0.15, -0.1) is 0 Å². The number of hydrogen-bond donors (Lipinski definition) is 0. The van der Waals surface area contributed by atoms with Gasteiger partial charge in [-0.2, -0.15) is 0 Å². The largest absolute Gasteiger partial charge is 0.467 e. The van der Waals surface area contributed by atoms with E-state index in [2.05, 4.69) is 10.0 Å². The first-order valence-corrected chi connectivity index (χ1v) is 26.9. The topological polar surface area (TPSA) is 236 Å². The number of esters is 5. The highest BCUT2D eigenvalue weighted by Gasteiger charge is 2.66. The number of carbonyl (C=O) groups excluding carboxylic acids is 5. The SMILES string of the molecule is COC(=O)[C@H]1O[C@H](O[C@H]2[C@@H]3O[Si](C(C)C)(C(C)C)O[Si](C(C)C)(C(C)C)O[C@H]3[C@H](N=[N+]=[N-])O[C@@H]2COC(C)=O)[C@H](OC(=O)c2ccccc2)[C@@H](OC(=O)c2ccccc2)[C@@H]1OC(=O)c1ccccc1. The van der Waals surface area contributed by atoms with Crippen LogP contribution >= 0.6 is 0 Å². The van der Waals surface area contributed by atoms with Crippen molar-refractivity contribution in [2.24, 2.45) is 5.11 Å². The lowest BCUT2D eigenvalue weighted by Crippen LogP contribution is -2.68. The van der Waals surface area contributed by atoms with Crippen LogP contribution in [0.1, 0.15) is 93.4 Å². The smallest absolute Gasteiger partial charge is 0.339 e. The molecule has 0 radical (unpaired) electrons. The molecular formula is C48H61N3O16Si2. The van der Waals surface area contributed by atoms with Gasteiger partial charge in [-0.25, -0.2) is 19.2 Å². The Hall–Kier alpha value is -5.49. The molecule has 3 fully saturated rings. The predicted octanol–water partition coefficient (Wildman–Crippen LogP) is 7.87. The summed E-state index contributed by atoms with van der Waals surface area (Å²) in [5.74, 6) is -4.62. The molecule has 6 rings (SSSR count). The standard InChI is InChI=1S/C48H61N3O16Si2/c1-27(2)68(28(3)4)65-39-36(35(26-58-31(9)52)59-43(50-51-49)40(39)66-69(67-68,29(5)6)30(7)8)63-48-42(62-46(55)34-24-18-13-19-25-34)38(61-45(54)33-22-16-12-17-23-33)37(41(64-48)47(56)57-10)60-44(53)32-20-14-11-15-21-32/h11-25,27-30,35-43,48H,26H2,1-10H3/t35-,36-,37+,38+,39+,40-,41+,42-,43-,48+/m1/s1. The van der Waals surface area contributed by atoms with Crippen molar-refractivity contribution in [3.8, 4) is 0 Å². The molecule has 3 aliphatic rings. The van der Waals surface area contributed by atoms with Crippen LogP contribution in [-0.2, 0) is 60.5 Å². The molecule has 0 amide bonds. The van der Waals surface area contributed by atoms with Crippen LogP contribution in [0.15, 0.2) is 96.1 Å². The first-order chi connectivity index (χ1) is 32.9. The average molecular weight is 992 g/mol. The van der Waals surface area contributed by atoms with Gasteiger partial charge in [0, 0.05) is 11.8 Å². The first-order valence-electron chi connectivity index (χ1n) is 22.9. The number of hydrogen-bond acceptors (Lipinski definition) is 17. The van der Waals surface area contributed by atoms with Crippen LogP contribution in [-0.4, -0.2) is 122 Å². The zero-order valence-corrected chi connectivity index (χ0v) is 42.3. The van der Waals surface area contributed by atoms with Gasteiger partial charge in [0.05, 0.1) is 23.8 Å². The lowest BCUT2D eigenvalue weighted by atomic mass is 9.95. The molecule has 10 atom stereocenters. The molecule has 69 heavy (non-hydrogen) atoms. The molecule has 0 saturated carbocycles. The minimum Gasteiger partial charge on any atom is -0.467 e. The third kappa shape index (κ3) is 11.6. The molecular weight excluding hydrogens is 931 g/mol. The maximum absolute atomic E-state index is 14.3. The van der Waals surface area contributed by atoms with Gasteiger partial charge in [0.2, 0.25) is 0 Å². The lowest BCUT2D eigenvalue weighted by molar-refractivity contribution is -0.332. The van der Waals surface area contributed by atoms with Crippen LogP contribution in [0.3, 0.4) is 0 Å². The van der Waals surface area contributed by atoms with Crippen molar-refractivity contribution in [1.82, 2.24) is 0 Å². The Labute approximate surface area is 403 Å². The molecule has 3 heterocycles. The van der Waals surface area contributed by atoms with Crippen molar-refractivity contribution < 1.29 is 74.8 Å². The first kappa shape index (κ1) is 52.9. The quantitative estimate of drug-likeness (QED) is 0.0331. The fraction of sp³-hybridized carbons (Fsp3) is 0.521. The molecule has 3 saturated heterocycles. The number of rotatable bonds is 16. The molecule has 3 aromatic rings. The summed E-state index contributed by atoms with van der Waals surface area (Å²) in [4.78, 5) is 72.1. The third-order valence-electron chi connectivity index (χ3n) is 12.4. The van der Waals surface area contributed by atoms with Gasteiger partial charge < -0.3 is 50.9 Å². The fourth-order valence-corrected chi connectivity index (χ4v) is 20.2. The Kier molecular flexibility index (Phi) is 17.6. The third-order valence-corrected chi connectivity index (χ3v) is 22.7. The molecule has 372 valence electrons. The number of fused-ring (bicyclic) bond motifs is 1. The van der Waals surface area contributed by atoms with E-state index < -0.39 is 115 Å². The molecule has 0 bridgehead atoms. The van der Waals surface area contributed by atoms with Gasteiger partial charge in [0.15, 0.2) is 36.9 Å². The second-order valence-electron chi connectivity index (χ2n) is 18.2. The van der Waals surface area contributed by atoms with E-state index in [0.717, 1.165) is 7.11 Å². The van der Waals surface area contributed by atoms with E-state index in [1.807, 2.05) is 55.4 Å². The maximum Gasteiger partial charge on any atom is 0.339 e. The Morgan fingerprint density at radius 2 is 1.06 bits per heavy atom. The van der Waals surface area contributed by atoms with Crippen LogP contribution in [0.4, 0.5) is 0 Å². The summed E-state index contributed by atoms with van der Waals surface area (Å²) < 4.78 is 71.2. The molecule has 0 aromatic heterocycles. The summed E-state index contributed by atoms with van der Waals surface area (Å²) in [6, 6.07) is 23.5. The summed E-state index contributed by atoms with van der Waals surface area (Å²) in [7, 11) is -5.86. The number of ether oxygens (including phenoxy) is 8. The van der Waals surface area contributed by atoms with E-state index in [0.29, 0.717) is 0 Å². The van der Waals surface area contributed by atoms with E-state index in [1.54, 1.807) is 54.6 Å². The summed E-state index contributed by atoms with van der Waals surface area (Å²) in [5.41, 5.74) is 9.38. The Morgan fingerprint density at radius 1 is 0.623 bits per heavy atom. The van der Waals surface area contributed by atoms with Gasteiger partial charge >= 0.3 is 47.0 Å². The van der Waals surface area contributed by atoms with E-state index in [4.69, 9.17) is 50.9 Å². The van der Waals surface area contributed by atoms with Crippen LogP contribution in [0.5, 0.6) is 0 Å². The van der Waals surface area contributed by atoms with E-state index >= 15 is 0 Å². The number of nitrogens with zero attached hydrogens (tertiary/aromatic N) is 3. The zero-order chi connectivity index (χ0) is 50.2. The Bertz CT molecular complexity index is 2290. The zero-order valence-electron chi connectivity index (χ0n) is 40.3. The van der Waals surface area contributed by atoms with Crippen LogP contribution < -0.4 is 0 Å². The number of azide groups is 1. The van der Waals surface area contributed by atoms with E-state index in [1.165, 1.54) is 43.3 Å². The van der Waals surface area contributed by atoms with Gasteiger partial charge in [-0.05, 0) is 64.1 Å². The van der Waals surface area contributed by atoms with Crippen molar-refractivity contribution in [1.29, 1.82) is 0 Å². The minimum atomic E-state index is -3.52. The minimum absolute atomic E-state index is 0.0574. The van der Waals surface area contributed by atoms with Crippen LogP contribution in [0, 0.1) is 0 Å². The second kappa shape index (κ2) is 23.0. The van der Waals surface area contributed by atoms with Crippen LogP contribution in [0.25, 0.3) is 10.4 Å². The van der Waals surface area contributed by atoms with Crippen molar-refractivity contribution in [3.63, 3.8) is 0 Å². The molecule has 0 spiro atoms. The summed E-state index contributed by atoms with van der Waals surface area (Å²) in [6.07, 6.45) is -16.1. The van der Waals surface area contributed by atoms with Gasteiger partial charge in [0.1, 0.15) is 31.0 Å². The van der Waals surface area contributed by atoms with E-state index in [-0.39, 0.29) is 38.9 Å². The maximum atomic E-state index is 14.3. The average Bonchev–Trinajstić information content (AvgIpc) is 3.51. The molecule has 0 aliphatic carbocycles. The highest BCUT2D eigenvalue weighted by atomic mass is 28.5. The second-order valence-corrected chi connectivity index (χ2v) is 27.0. The van der Waals surface area contributed by atoms with Crippen molar-refractivity contribution >= 4 is 47.0 Å². The Morgan fingerprint density at radius 3 is 1.48 bits per heavy atom. The fourth-order valence-electron chi connectivity index (χ4n) is 8.94. The van der Waals surface area contributed by atoms with Crippen molar-refractivity contribution in [2.75, 3.05) is 13.7 Å². The van der Waals surface area contributed by atoms with Crippen molar-refractivity contribution in [3.05, 3.63) is 118 Å². The van der Waals surface area contributed by atoms with Gasteiger partial charge in [0.25, 0.3) is 0 Å². The lowest BCUT2D eigenvalue weighted by Gasteiger charge is -2.49. The highest BCUT2D eigenvalue weighted by Crippen LogP contribution is 2.50. The Balaban J connectivity index is 1.58. The molecule has 19 nitrogen and oxygen atoms in total.